The molecule has 6 nitrogen and oxygen atoms in total. The predicted octanol–water partition coefficient (Wildman–Crippen LogP) is 4.18. The van der Waals surface area contributed by atoms with E-state index >= 15 is 0 Å². The van der Waals surface area contributed by atoms with Crippen LogP contribution in [0.3, 0.4) is 0 Å². The summed E-state index contributed by atoms with van der Waals surface area (Å²) in [4.78, 5) is 32.5. The summed E-state index contributed by atoms with van der Waals surface area (Å²) in [6.07, 6.45) is 6.87. The molecule has 0 N–H and O–H groups in total. The van der Waals surface area contributed by atoms with E-state index in [9.17, 15) is 9.59 Å². The summed E-state index contributed by atoms with van der Waals surface area (Å²) >= 11 is 3.52. The number of benzene rings is 1. The van der Waals surface area contributed by atoms with E-state index in [-0.39, 0.29) is 23.8 Å². The van der Waals surface area contributed by atoms with Crippen LogP contribution in [0, 0.1) is 11.8 Å². The Morgan fingerprint density at radius 3 is 2.45 bits per heavy atom. The van der Waals surface area contributed by atoms with E-state index in [1.54, 1.807) is 0 Å². The van der Waals surface area contributed by atoms with Gasteiger partial charge in [-0.05, 0) is 69.3 Å². The first-order valence-corrected chi connectivity index (χ1v) is 13.5. The van der Waals surface area contributed by atoms with Gasteiger partial charge in [-0.25, -0.2) is 0 Å². The minimum absolute atomic E-state index is 0.0116. The molecule has 4 rings (SSSR count). The Morgan fingerprint density at radius 1 is 0.970 bits per heavy atom. The number of hydrogen-bond donors (Lipinski definition) is 0. The molecule has 0 bridgehead atoms. The lowest BCUT2D eigenvalue weighted by atomic mass is 9.90. The van der Waals surface area contributed by atoms with Crippen molar-refractivity contribution in [3.05, 3.63) is 28.7 Å². The fourth-order valence-electron chi connectivity index (χ4n) is 5.31. The molecule has 3 aliphatic heterocycles. The number of ether oxygens (including phenoxy) is 1. The molecular weight excluding hydrogens is 482 g/mol. The highest BCUT2D eigenvalue weighted by Crippen LogP contribution is 2.28. The number of carbonyl (C=O) groups is 2. The van der Waals surface area contributed by atoms with Crippen LogP contribution in [0.2, 0.25) is 0 Å². The Labute approximate surface area is 206 Å². The zero-order valence-electron chi connectivity index (χ0n) is 19.9. The minimum atomic E-state index is -0.0621. The Bertz CT molecular complexity index is 806. The van der Waals surface area contributed by atoms with E-state index in [0.29, 0.717) is 26.1 Å². The molecule has 182 valence electrons. The molecule has 7 heteroatoms. The highest BCUT2D eigenvalue weighted by molar-refractivity contribution is 9.10. The van der Waals surface area contributed by atoms with Gasteiger partial charge in [0.25, 0.3) is 0 Å². The number of likely N-dealkylation sites (tertiary alicyclic amines) is 3. The molecule has 1 aromatic carbocycles. The van der Waals surface area contributed by atoms with Crippen molar-refractivity contribution >= 4 is 27.7 Å². The predicted molar refractivity (Wildman–Crippen MR) is 133 cm³/mol. The van der Waals surface area contributed by atoms with Crippen LogP contribution in [0.5, 0.6) is 5.75 Å². The molecule has 3 aliphatic rings. The second-order valence-corrected chi connectivity index (χ2v) is 11.0. The lowest BCUT2D eigenvalue weighted by molar-refractivity contribution is -0.140. The highest BCUT2D eigenvalue weighted by Gasteiger charge is 2.36. The summed E-state index contributed by atoms with van der Waals surface area (Å²) in [5, 5.41) is 0. The van der Waals surface area contributed by atoms with Gasteiger partial charge in [-0.3, -0.25) is 14.5 Å². The van der Waals surface area contributed by atoms with Crippen LogP contribution in [-0.2, 0) is 9.59 Å². The zero-order valence-corrected chi connectivity index (χ0v) is 21.5. The first kappa shape index (κ1) is 24.5. The first-order chi connectivity index (χ1) is 16.0. The van der Waals surface area contributed by atoms with Gasteiger partial charge in [0, 0.05) is 49.4 Å². The third-order valence-corrected chi connectivity index (χ3v) is 7.97. The first-order valence-electron chi connectivity index (χ1n) is 12.7. The molecule has 3 fully saturated rings. The van der Waals surface area contributed by atoms with Crippen molar-refractivity contribution in [2.45, 2.75) is 58.0 Å². The van der Waals surface area contributed by atoms with Crippen LogP contribution in [-0.4, -0.2) is 78.4 Å². The van der Waals surface area contributed by atoms with Gasteiger partial charge >= 0.3 is 0 Å². The summed E-state index contributed by atoms with van der Waals surface area (Å²) in [6.45, 7) is 7.81. The smallest absolute Gasteiger partial charge is 0.236 e. The van der Waals surface area contributed by atoms with Crippen LogP contribution in [0.1, 0.15) is 51.9 Å². The number of amides is 2. The van der Waals surface area contributed by atoms with Crippen LogP contribution in [0.15, 0.2) is 28.7 Å². The summed E-state index contributed by atoms with van der Waals surface area (Å²) in [7, 11) is 0. The molecular formula is C26H38BrN3O3. The maximum atomic E-state index is 13.1. The van der Waals surface area contributed by atoms with Crippen LogP contribution in [0.25, 0.3) is 0 Å². The molecule has 3 heterocycles. The third kappa shape index (κ3) is 6.95. The average molecular weight is 521 g/mol. The van der Waals surface area contributed by atoms with Gasteiger partial charge in [0.05, 0.1) is 6.54 Å². The molecule has 0 saturated carbocycles. The van der Waals surface area contributed by atoms with Crippen LogP contribution in [0.4, 0.5) is 0 Å². The van der Waals surface area contributed by atoms with Gasteiger partial charge in [0.1, 0.15) is 11.9 Å². The largest absolute Gasteiger partial charge is 0.490 e. The van der Waals surface area contributed by atoms with Gasteiger partial charge in [-0.1, -0.05) is 28.9 Å². The monoisotopic (exact) mass is 519 g/mol. The molecule has 0 aromatic heterocycles. The van der Waals surface area contributed by atoms with Gasteiger partial charge in [-0.15, -0.1) is 0 Å². The lowest BCUT2D eigenvalue weighted by Crippen LogP contribution is -2.52. The summed E-state index contributed by atoms with van der Waals surface area (Å²) in [5.41, 5.74) is 0. The summed E-state index contributed by atoms with van der Waals surface area (Å²) in [5.74, 6) is 1.99. The SMILES string of the molecule is CC1CCN(CC(=O)N2CC[C@H](Oc3cccc(Br)c3)[C@@H](CC(=O)N3CCCCC3)C2)CC1. The summed E-state index contributed by atoms with van der Waals surface area (Å²) in [6, 6.07) is 7.87. The molecule has 2 atom stereocenters. The molecule has 2 amide bonds. The molecule has 0 radical (unpaired) electrons. The molecule has 1 aromatic rings. The highest BCUT2D eigenvalue weighted by atomic mass is 79.9. The van der Waals surface area contributed by atoms with Gasteiger partial charge in [0.2, 0.25) is 11.8 Å². The van der Waals surface area contributed by atoms with Crippen molar-refractivity contribution in [1.82, 2.24) is 14.7 Å². The van der Waals surface area contributed by atoms with Crippen molar-refractivity contribution < 1.29 is 14.3 Å². The minimum Gasteiger partial charge on any atom is -0.490 e. The Morgan fingerprint density at radius 2 is 1.73 bits per heavy atom. The van der Waals surface area contributed by atoms with E-state index < -0.39 is 0 Å². The third-order valence-electron chi connectivity index (χ3n) is 7.48. The zero-order chi connectivity index (χ0) is 23.2. The molecule has 0 aliphatic carbocycles. The quantitative estimate of drug-likeness (QED) is 0.565. The van der Waals surface area contributed by atoms with E-state index in [2.05, 4.69) is 27.8 Å². The van der Waals surface area contributed by atoms with Gasteiger partial charge in [-0.2, -0.15) is 0 Å². The maximum Gasteiger partial charge on any atom is 0.236 e. The van der Waals surface area contributed by atoms with Crippen molar-refractivity contribution in [3.63, 3.8) is 0 Å². The van der Waals surface area contributed by atoms with Gasteiger partial charge in [0.15, 0.2) is 0 Å². The Hall–Kier alpha value is -1.60. The number of piperidine rings is 3. The number of halogens is 1. The average Bonchev–Trinajstić information content (AvgIpc) is 2.82. The fourth-order valence-corrected chi connectivity index (χ4v) is 5.69. The van der Waals surface area contributed by atoms with Crippen LogP contribution >= 0.6 is 15.9 Å². The van der Waals surface area contributed by atoms with Crippen molar-refractivity contribution in [2.24, 2.45) is 11.8 Å². The number of nitrogens with zero attached hydrogens (tertiary/aromatic N) is 3. The second-order valence-electron chi connectivity index (χ2n) is 10.1. The standard InChI is InChI=1S/C26H38BrN3O3/c1-20-8-13-28(14-9-20)19-26(32)30-15-10-24(33-23-7-5-6-22(27)17-23)21(18-30)16-25(31)29-11-3-2-4-12-29/h5-7,17,20-21,24H,2-4,8-16,18-19H2,1H3/t21-,24-/m0/s1. The number of rotatable bonds is 6. The lowest BCUT2D eigenvalue weighted by Gasteiger charge is -2.40. The van der Waals surface area contributed by atoms with E-state index in [0.717, 1.165) is 61.6 Å². The van der Waals surface area contributed by atoms with Crippen molar-refractivity contribution in [2.75, 3.05) is 45.8 Å². The van der Waals surface area contributed by atoms with E-state index in [4.69, 9.17) is 4.74 Å². The van der Waals surface area contributed by atoms with Crippen molar-refractivity contribution in [3.8, 4) is 5.75 Å². The number of hydrogen-bond acceptors (Lipinski definition) is 4. The molecule has 0 unspecified atom stereocenters. The topological polar surface area (TPSA) is 53.1 Å². The maximum absolute atomic E-state index is 13.1. The second kappa shape index (κ2) is 11.7. The number of carbonyl (C=O) groups excluding carboxylic acids is 2. The fraction of sp³-hybridized carbons (Fsp3) is 0.692. The molecule has 3 saturated heterocycles. The van der Waals surface area contributed by atoms with E-state index in [1.807, 2.05) is 34.1 Å². The molecule has 33 heavy (non-hydrogen) atoms. The van der Waals surface area contributed by atoms with Crippen LogP contribution < -0.4 is 4.74 Å². The summed E-state index contributed by atoms with van der Waals surface area (Å²) < 4.78 is 7.35. The Kier molecular flexibility index (Phi) is 8.69. The van der Waals surface area contributed by atoms with Crippen molar-refractivity contribution in [1.29, 1.82) is 0 Å². The molecule has 0 spiro atoms. The Balaban J connectivity index is 1.40. The van der Waals surface area contributed by atoms with E-state index in [1.165, 1.54) is 19.3 Å². The normalized spacial score (nSPS) is 25.2. The van der Waals surface area contributed by atoms with Gasteiger partial charge < -0.3 is 14.5 Å².